The molecule has 5 nitrogen and oxygen atoms in total. The van der Waals surface area contributed by atoms with E-state index in [4.69, 9.17) is 10.2 Å². The quantitative estimate of drug-likeness (QED) is 0.462. The standard InChI is InChI=1S/C10H21NO3.H2O/c1-11(2,8-9-12)7-5-3-4-6-10(13)14;/h12H,3-9H2,1-2H3;1H2. The first-order chi connectivity index (χ1) is 6.48. The Kier molecular flexibility index (Phi) is 9.66. The molecule has 0 aliphatic heterocycles. The average molecular weight is 221 g/mol. The SMILES string of the molecule is C[N+](C)(CCO)CCCCCC(=O)O.[OH-]. The summed E-state index contributed by atoms with van der Waals surface area (Å²) >= 11 is 0. The van der Waals surface area contributed by atoms with Gasteiger partial charge in [0.15, 0.2) is 0 Å². The number of likely N-dealkylation sites (N-methyl/N-ethyl adjacent to an activating group) is 1. The number of hydrogen-bond donors (Lipinski definition) is 2. The summed E-state index contributed by atoms with van der Waals surface area (Å²) in [5, 5.41) is 17.2. The Morgan fingerprint density at radius 3 is 2.20 bits per heavy atom. The van der Waals surface area contributed by atoms with Crippen LogP contribution in [0.15, 0.2) is 0 Å². The summed E-state index contributed by atoms with van der Waals surface area (Å²) in [4.78, 5) is 10.2. The van der Waals surface area contributed by atoms with Crippen molar-refractivity contribution in [3.8, 4) is 0 Å². The Bertz CT molecular complexity index is 171. The number of hydrogen-bond acceptors (Lipinski definition) is 3. The molecule has 0 rings (SSSR count). The largest absolute Gasteiger partial charge is 0.870 e. The van der Waals surface area contributed by atoms with Crippen molar-refractivity contribution in [1.82, 2.24) is 0 Å². The van der Waals surface area contributed by atoms with Crippen LogP contribution in [0.2, 0.25) is 0 Å². The van der Waals surface area contributed by atoms with Crippen LogP contribution < -0.4 is 0 Å². The van der Waals surface area contributed by atoms with E-state index < -0.39 is 5.97 Å². The van der Waals surface area contributed by atoms with Gasteiger partial charge in [-0.15, -0.1) is 0 Å². The van der Waals surface area contributed by atoms with Crippen molar-refractivity contribution >= 4 is 5.97 Å². The van der Waals surface area contributed by atoms with Gasteiger partial charge in [0.2, 0.25) is 0 Å². The van der Waals surface area contributed by atoms with Crippen LogP contribution in [0.25, 0.3) is 0 Å². The van der Waals surface area contributed by atoms with Crippen LogP contribution >= 0.6 is 0 Å². The van der Waals surface area contributed by atoms with Gasteiger partial charge in [-0.05, 0) is 19.3 Å². The predicted octanol–water partition coefficient (Wildman–Crippen LogP) is 0.523. The van der Waals surface area contributed by atoms with E-state index in [1.807, 2.05) is 0 Å². The fourth-order valence-corrected chi connectivity index (χ4v) is 1.38. The van der Waals surface area contributed by atoms with Crippen molar-refractivity contribution in [2.45, 2.75) is 25.7 Å². The molecule has 0 bridgehead atoms. The minimum absolute atomic E-state index is 0. The molecule has 3 N–H and O–H groups in total. The number of quaternary nitrogens is 1. The maximum atomic E-state index is 10.2. The number of unbranched alkanes of at least 4 members (excludes halogenated alkanes) is 2. The first-order valence-corrected chi connectivity index (χ1v) is 5.12. The van der Waals surface area contributed by atoms with Crippen LogP contribution in [0.4, 0.5) is 0 Å². The van der Waals surface area contributed by atoms with Gasteiger partial charge >= 0.3 is 5.97 Å². The van der Waals surface area contributed by atoms with Crippen molar-refractivity contribution in [1.29, 1.82) is 0 Å². The predicted molar refractivity (Wildman–Crippen MR) is 57.0 cm³/mol. The maximum Gasteiger partial charge on any atom is 0.303 e. The number of aliphatic hydroxyl groups excluding tert-OH is 1. The first-order valence-electron chi connectivity index (χ1n) is 5.12. The van der Waals surface area contributed by atoms with Gasteiger partial charge in [-0.25, -0.2) is 0 Å². The van der Waals surface area contributed by atoms with Gasteiger partial charge in [-0.3, -0.25) is 4.79 Å². The summed E-state index contributed by atoms with van der Waals surface area (Å²) < 4.78 is 0.809. The highest BCUT2D eigenvalue weighted by Gasteiger charge is 2.12. The minimum atomic E-state index is -0.714. The Labute approximate surface area is 91.2 Å². The molecule has 0 amide bonds. The van der Waals surface area contributed by atoms with Crippen LogP contribution in [0.1, 0.15) is 25.7 Å². The Hall–Kier alpha value is -0.650. The van der Waals surface area contributed by atoms with Crippen molar-refractivity contribution in [3.05, 3.63) is 0 Å². The van der Waals surface area contributed by atoms with E-state index in [0.717, 1.165) is 36.8 Å². The number of carboxylic acids is 1. The Balaban J connectivity index is 0. The van der Waals surface area contributed by atoms with E-state index in [1.165, 1.54) is 0 Å². The second kappa shape index (κ2) is 8.64. The van der Waals surface area contributed by atoms with Crippen molar-refractivity contribution in [3.63, 3.8) is 0 Å². The number of aliphatic carboxylic acids is 1. The molecule has 0 radical (unpaired) electrons. The van der Waals surface area contributed by atoms with E-state index >= 15 is 0 Å². The van der Waals surface area contributed by atoms with Crippen molar-refractivity contribution < 1.29 is 25.0 Å². The fraction of sp³-hybridized carbons (Fsp3) is 0.900. The van der Waals surface area contributed by atoms with Gasteiger partial charge in [-0.1, -0.05) is 0 Å². The highest BCUT2D eigenvalue weighted by atomic mass is 16.4. The van der Waals surface area contributed by atoms with Crippen molar-refractivity contribution in [2.75, 3.05) is 33.8 Å². The zero-order valence-electron chi connectivity index (χ0n) is 9.65. The summed E-state index contributed by atoms with van der Waals surface area (Å²) in [5.74, 6) is -0.714. The molecule has 0 fully saturated rings. The molecular weight excluding hydrogens is 198 g/mol. The van der Waals surface area contributed by atoms with E-state index in [1.54, 1.807) is 0 Å². The molecule has 0 saturated heterocycles. The molecule has 0 aliphatic rings. The van der Waals surface area contributed by atoms with Gasteiger partial charge in [0.25, 0.3) is 0 Å². The lowest BCUT2D eigenvalue weighted by Crippen LogP contribution is -2.42. The van der Waals surface area contributed by atoms with Crippen LogP contribution in [0.3, 0.4) is 0 Å². The van der Waals surface area contributed by atoms with Crippen LogP contribution in [0, 0.1) is 0 Å². The van der Waals surface area contributed by atoms with E-state index in [2.05, 4.69) is 14.1 Å². The summed E-state index contributed by atoms with van der Waals surface area (Å²) in [6.07, 6.45) is 3.02. The van der Waals surface area contributed by atoms with Gasteiger partial charge in [0.05, 0.1) is 27.2 Å². The lowest BCUT2D eigenvalue weighted by Gasteiger charge is -2.28. The third-order valence-electron chi connectivity index (χ3n) is 2.36. The summed E-state index contributed by atoms with van der Waals surface area (Å²) in [6, 6.07) is 0. The second-order valence-corrected chi connectivity index (χ2v) is 4.31. The number of carbonyl (C=O) groups is 1. The average Bonchev–Trinajstić information content (AvgIpc) is 2.02. The number of rotatable bonds is 8. The van der Waals surface area contributed by atoms with Crippen LogP contribution in [-0.4, -0.2) is 59.9 Å². The highest BCUT2D eigenvalue weighted by Crippen LogP contribution is 2.05. The number of nitrogens with zero attached hydrogens (tertiary/aromatic N) is 1. The third kappa shape index (κ3) is 11.3. The molecule has 0 aromatic heterocycles. The molecule has 5 heteroatoms. The Morgan fingerprint density at radius 2 is 1.73 bits per heavy atom. The zero-order valence-corrected chi connectivity index (χ0v) is 9.65. The molecular formula is C10H23NO4. The topological polar surface area (TPSA) is 87.5 Å². The Morgan fingerprint density at radius 1 is 1.13 bits per heavy atom. The van der Waals surface area contributed by atoms with Gasteiger partial charge < -0.3 is 20.2 Å². The lowest BCUT2D eigenvalue weighted by atomic mass is 10.2. The normalized spacial score (nSPS) is 10.9. The van der Waals surface area contributed by atoms with E-state index in [9.17, 15) is 4.79 Å². The summed E-state index contributed by atoms with van der Waals surface area (Å²) in [7, 11) is 4.15. The van der Waals surface area contributed by atoms with E-state index in [0.29, 0.717) is 0 Å². The fourth-order valence-electron chi connectivity index (χ4n) is 1.38. The van der Waals surface area contributed by atoms with Crippen LogP contribution in [-0.2, 0) is 4.79 Å². The van der Waals surface area contributed by atoms with Gasteiger partial charge in [0, 0.05) is 6.42 Å². The maximum absolute atomic E-state index is 10.2. The zero-order chi connectivity index (χ0) is 11.0. The van der Waals surface area contributed by atoms with E-state index in [-0.39, 0.29) is 18.5 Å². The number of aliphatic hydroxyl groups is 1. The van der Waals surface area contributed by atoms with Crippen molar-refractivity contribution in [2.24, 2.45) is 0 Å². The third-order valence-corrected chi connectivity index (χ3v) is 2.36. The molecule has 0 saturated carbocycles. The number of carboxylic acid groups (broad SMARTS) is 1. The van der Waals surface area contributed by atoms with Gasteiger partial charge in [0.1, 0.15) is 6.54 Å². The molecule has 0 heterocycles. The van der Waals surface area contributed by atoms with Crippen LogP contribution in [0.5, 0.6) is 0 Å². The molecule has 0 aromatic carbocycles. The summed E-state index contributed by atoms with van der Waals surface area (Å²) in [6.45, 7) is 1.97. The van der Waals surface area contributed by atoms with Gasteiger partial charge in [-0.2, -0.15) is 0 Å². The lowest BCUT2D eigenvalue weighted by molar-refractivity contribution is -0.890. The smallest absolute Gasteiger partial charge is 0.303 e. The molecule has 0 atom stereocenters. The molecule has 0 aliphatic carbocycles. The highest BCUT2D eigenvalue weighted by molar-refractivity contribution is 5.66. The molecule has 0 spiro atoms. The minimum Gasteiger partial charge on any atom is -0.870 e. The first kappa shape index (κ1) is 16.8. The molecule has 0 unspecified atom stereocenters. The molecule has 92 valence electrons. The molecule has 15 heavy (non-hydrogen) atoms. The second-order valence-electron chi connectivity index (χ2n) is 4.31. The monoisotopic (exact) mass is 221 g/mol. The summed E-state index contributed by atoms with van der Waals surface area (Å²) in [5.41, 5.74) is 0. The molecule has 0 aromatic rings.